The van der Waals surface area contributed by atoms with Gasteiger partial charge in [0, 0.05) is 17.2 Å². The number of Topliss-reactive ketones (excluding diaryl/α,β-unsaturated/α-hetero) is 1. The van der Waals surface area contributed by atoms with E-state index in [1.54, 1.807) is 10.8 Å². The standard InChI is InChI=1S/C16H17N3O2/c1-16(2,3)19-9-12(17-18-19)8-14-15(20)13-7-5-4-6-11(13)10-21-14/h4-9H,10H2,1-3H3/b14-8+. The first-order valence-corrected chi connectivity index (χ1v) is 6.85. The zero-order valence-corrected chi connectivity index (χ0v) is 12.3. The van der Waals surface area contributed by atoms with Crippen molar-refractivity contribution >= 4 is 11.9 Å². The number of aromatic nitrogens is 3. The summed E-state index contributed by atoms with van der Waals surface area (Å²) in [6, 6.07) is 7.48. The Balaban J connectivity index is 1.92. The first-order chi connectivity index (χ1) is 9.95. The number of nitrogens with zero attached hydrogens (tertiary/aromatic N) is 3. The Hall–Kier alpha value is -2.43. The van der Waals surface area contributed by atoms with Crippen LogP contribution in [0.15, 0.2) is 36.2 Å². The lowest BCUT2D eigenvalue weighted by Gasteiger charge is -2.18. The molecule has 0 atom stereocenters. The van der Waals surface area contributed by atoms with E-state index in [1.165, 1.54) is 0 Å². The molecule has 108 valence electrons. The van der Waals surface area contributed by atoms with Gasteiger partial charge in [0.05, 0.1) is 11.7 Å². The van der Waals surface area contributed by atoms with Gasteiger partial charge in [-0.15, -0.1) is 5.10 Å². The maximum Gasteiger partial charge on any atom is 0.228 e. The Labute approximate surface area is 123 Å². The number of ether oxygens (including phenoxy) is 1. The average Bonchev–Trinajstić information content (AvgIpc) is 2.91. The number of carbonyl (C=O) groups is 1. The number of fused-ring (bicyclic) bond motifs is 1. The number of rotatable bonds is 1. The third kappa shape index (κ3) is 2.59. The van der Waals surface area contributed by atoms with E-state index in [9.17, 15) is 4.79 Å². The first-order valence-electron chi connectivity index (χ1n) is 6.85. The van der Waals surface area contributed by atoms with Gasteiger partial charge in [0.2, 0.25) is 5.78 Å². The van der Waals surface area contributed by atoms with Gasteiger partial charge in [0.25, 0.3) is 0 Å². The second-order valence-electron chi connectivity index (χ2n) is 6.04. The smallest absolute Gasteiger partial charge is 0.228 e. The lowest BCUT2D eigenvalue weighted by Crippen LogP contribution is -2.22. The summed E-state index contributed by atoms with van der Waals surface area (Å²) in [6.07, 6.45) is 3.46. The Morgan fingerprint density at radius 3 is 2.76 bits per heavy atom. The van der Waals surface area contributed by atoms with E-state index < -0.39 is 0 Å². The van der Waals surface area contributed by atoms with Crippen LogP contribution in [0.2, 0.25) is 0 Å². The second-order valence-corrected chi connectivity index (χ2v) is 6.04. The SMILES string of the molecule is CC(C)(C)n1cc(/C=C2/OCc3ccccc3C2=O)nn1. The quantitative estimate of drug-likeness (QED) is 0.755. The van der Waals surface area contributed by atoms with Crippen molar-refractivity contribution in [3.05, 3.63) is 53.0 Å². The Morgan fingerprint density at radius 1 is 1.29 bits per heavy atom. The van der Waals surface area contributed by atoms with Gasteiger partial charge in [0.1, 0.15) is 12.3 Å². The normalized spacial score (nSPS) is 16.7. The van der Waals surface area contributed by atoms with Crippen LogP contribution in [0.4, 0.5) is 0 Å². The van der Waals surface area contributed by atoms with E-state index in [4.69, 9.17) is 4.74 Å². The molecule has 2 heterocycles. The van der Waals surface area contributed by atoms with E-state index >= 15 is 0 Å². The highest BCUT2D eigenvalue weighted by molar-refractivity contribution is 6.11. The van der Waals surface area contributed by atoms with Gasteiger partial charge < -0.3 is 4.74 Å². The lowest BCUT2D eigenvalue weighted by atomic mass is 10.0. The van der Waals surface area contributed by atoms with Gasteiger partial charge in [-0.3, -0.25) is 4.79 Å². The minimum atomic E-state index is -0.145. The maximum absolute atomic E-state index is 12.4. The molecule has 0 unspecified atom stereocenters. The molecule has 0 spiro atoms. The largest absolute Gasteiger partial charge is 0.485 e. The molecule has 1 aromatic carbocycles. The van der Waals surface area contributed by atoms with Crippen molar-refractivity contribution in [1.29, 1.82) is 0 Å². The van der Waals surface area contributed by atoms with E-state index in [0.717, 1.165) is 5.56 Å². The highest BCUT2D eigenvalue weighted by Crippen LogP contribution is 2.24. The van der Waals surface area contributed by atoms with Crippen molar-refractivity contribution in [3.63, 3.8) is 0 Å². The number of hydrogen-bond acceptors (Lipinski definition) is 4. The van der Waals surface area contributed by atoms with Gasteiger partial charge in [-0.25, -0.2) is 4.68 Å². The highest BCUT2D eigenvalue weighted by Gasteiger charge is 2.23. The predicted octanol–water partition coefficient (Wildman–Crippen LogP) is 2.79. The van der Waals surface area contributed by atoms with Crippen molar-refractivity contribution in [2.24, 2.45) is 0 Å². The minimum absolute atomic E-state index is 0.109. The molecule has 0 bridgehead atoms. The van der Waals surface area contributed by atoms with Gasteiger partial charge in [-0.1, -0.05) is 29.5 Å². The molecule has 0 N–H and O–H groups in total. The van der Waals surface area contributed by atoms with Crippen LogP contribution in [-0.2, 0) is 16.9 Å². The molecule has 1 aliphatic rings. The summed E-state index contributed by atoms with van der Waals surface area (Å²) >= 11 is 0. The van der Waals surface area contributed by atoms with Crippen LogP contribution in [0.3, 0.4) is 0 Å². The third-order valence-corrected chi connectivity index (χ3v) is 3.35. The average molecular weight is 283 g/mol. The van der Waals surface area contributed by atoms with Crippen LogP contribution in [-0.4, -0.2) is 20.8 Å². The molecule has 0 saturated carbocycles. The summed E-state index contributed by atoms with van der Waals surface area (Å²) in [5, 5.41) is 8.15. The fraction of sp³-hybridized carbons (Fsp3) is 0.312. The zero-order chi connectivity index (χ0) is 15.0. The number of hydrogen-bond donors (Lipinski definition) is 0. The maximum atomic E-state index is 12.4. The van der Waals surface area contributed by atoms with Crippen LogP contribution >= 0.6 is 0 Å². The fourth-order valence-electron chi connectivity index (χ4n) is 2.13. The van der Waals surface area contributed by atoms with Gasteiger partial charge in [-0.05, 0) is 20.8 Å². The van der Waals surface area contributed by atoms with Crippen molar-refractivity contribution in [3.8, 4) is 0 Å². The summed E-state index contributed by atoms with van der Waals surface area (Å²) in [7, 11) is 0. The number of allylic oxidation sites excluding steroid dienone is 1. The van der Waals surface area contributed by atoms with Crippen LogP contribution in [0.5, 0.6) is 0 Å². The monoisotopic (exact) mass is 283 g/mol. The van der Waals surface area contributed by atoms with E-state index in [0.29, 0.717) is 23.6 Å². The first kappa shape index (κ1) is 13.5. The second kappa shape index (κ2) is 4.84. The molecule has 0 aliphatic carbocycles. The predicted molar refractivity (Wildman–Crippen MR) is 78.6 cm³/mol. The number of carbonyl (C=O) groups excluding carboxylic acids is 1. The summed E-state index contributed by atoms with van der Waals surface area (Å²) < 4.78 is 7.31. The van der Waals surface area contributed by atoms with Crippen LogP contribution in [0.25, 0.3) is 6.08 Å². The third-order valence-electron chi connectivity index (χ3n) is 3.35. The molecule has 5 heteroatoms. The summed E-state index contributed by atoms with van der Waals surface area (Å²) in [5.41, 5.74) is 2.08. The van der Waals surface area contributed by atoms with Crippen LogP contribution in [0.1, 0.15) is 42.4 Å². The number of ketones is 1. The summed E-state index contributed by atoms with van der Waals surface area (Å²) in [4.78, 5) is 12.4. The fourth-order valence-corrected chi connectivity index (χ4v) is 2.13. The molecule has 0 fully saturated rings. The molecule has 5 nitrogen and oxygen atoms in total. The molecule has 0 radical (unpaired) electrons. The van der Waals surface area contributed by atoms with Gasteiger partial charge in [-0.2, -0.15) is 0 Å². The lowest BCUT2D eigenvalue weighted by molar-refractivity contribution is 0.0871. The molecular weight excluding hydrogens is 266 g/mol. The Kier molecular flexibility index (Phi) is 3.12. The molecule has 0 saturated heterocycles. The zero-order valence-electron chi connectivity index (χ0n) is 12.3. The van der Waals surface area contributed by atoms with E-state index in [-0.39, 0.29) is 11.3 Å². The Bertz CT molecular complexity index is 723. The van der Waals surface area contributed by atoms with Crippen molar-refractivity contribution in [2.75, 3.05) is 0 Å². The Morgan fingerprint density at radius 2 is 2.05 bits per heavy atom. The molecule has 2 aromatic rings. The molecule has 0 amide bonds. The van der Waals surface area contributed by atoms with Crippen molar-refractivity contribution in [1.82, 2.24) is 15.0 Å². The summed E-state index contributed by atoms with van der Waals surface area (Å²) in [5.74, 6) is 0.205. The molecule has 3 rings (SSSR count). The molecule has 21 heavy (non-hydrogen) atoms. The highest BCUT2D eigenvalue weighted by atomic mass is 16.5. The summed E-state index contributed by atoms with van der Waals surface area (Å²) in [6.45, 7) is 6.52. The molecule has 1 aliphatic heterocycles. The van der Waals surface area contributed by atoms with Crippen molar-refractivity contribution in [2.45, 2.75) is 32.9 Å². The molecule has 1 aromatic heterocycles. The minimum Gasteiger partial charge on any atom is -0.485 e. The van der Waals surface area contributed by atoms with E-state index in [2.05, 4.69) is 10.3 Å². The van der Waals surface area contributed by atoms with Crippen LogP contribution < -0.4 is 0 Å². The van der Waals surface area contributed by atoms with Gasteiger partial charge in [0.15, 0.2) is 5.76 Å². The molecular formula is C16H17N3O2. The topological polar surface area (TPSA) is 57.0 Å². The number of benzene rings is 1. The van der Waals surface area contributed by atoms with E-state index in [1.807, 2.05) is 51.2 Å². The van der Waals surface area contributed by atoms with Crippen molar-refractivity contribution < 1.29 is 9.53 Å². The van der Waals surface area contributed by atoms with Crippen LogP contribution in [0, 0.1) is 0 Å². The van der Waals surface area contributed by atoms with Gasteiger partial charge >= 0.3 is 0 Å².